The molecular weight excluding hydrogens is 350 g/mol. The first-order valence-electron chi connectivity index (χ1n) is 9.15. The highest BCUT2D eigenvalue weighted by Crippen LogP contribution is 2.08. The van der Waals surface area contributed by atoms with Crippen LogP contribution < -0.4 is 10.2 Å². The second-order valence-corrected chi connectivity index (χ2v) is 8.99. The van der Waals surface area contributed by atoms with E-state index < -0.39 is 10.0 Å². The van der Waals surface area contributed by atoms with E-state index in [-0.39, 0.29) is 11.9 Å². The number of benzene rings is 1. The quantitative estimate of drug-likeness (QED) is 0.717. The number of nitrogens with one attached hydrogen (secondary N) is 2. The van der Waals surface area contributed by atoms with Crippen LogP contribution in [0.25, 0.3) is 6.08 Å². The van der Waals surface area contributed by atoms with Crippen molar-refractivity contribution in [3.05, 3.63) is 41.3 Å². The minimum absolute atomic E-state index is 0.0361. The van der Waals surface area contributed by atoms with Crippen molar-refractivity contribution < 1.29 is 18.1 Å². The average molecular weight is 381 g/mol. The fourth-order valence-corrected chi connectivity index (χ4v) is 4.11. The van der Waals surface area contributed by atoms with E-state index in [0.717, 1.165) is 10.5 Å². The van der Waals surface area contributed by atoms with E-state index in [9.17, 15) is 13.2 Å². The maximum atomic E-state index is 12.5. The van der Waals surface area contributed by atoms with Crippen molar-refractivity contribution in [2.45, 2.75) is 26.8 Å². The molecule has 7 heteroatoms. The molecule has 0 radical (unpaired) electrons. The van der Waals surface area contributed by atoms with Crippen molar-refractivity contribution in [2.24, 2.45) is 5.92 Å². The first-order valence-corrected chi connectivity index (χ1v) is 10.7. The molecule has 0 bridgehead atoms. The molecule has 0 aliphatic carbocycles. The zero-order valence-electron chi connectivity index (χ0n) is 15.8. The van der Waals surface area contributed by atoms with E-state index in [1.807, 2.05) is 37.3 Å². The van der Waals surface area contributed by atoms with Gasteiger partial charge in [-0.3, -0.25) is 4.79 Å². The number of hydrogen-bond donors (Lipinski definition) is 2. The molecule has 26 heavy (non-hydrogen) atoms. The summed E-state index contributed by atoms with van der Waals surface area (Å²) in [6.45, 7) is 8.82. The van der Waals surface area contributed by atoms with Gasteiger partial charge in [-0.25, -0.2) is 8.42 Å². The van der Waals surface area contributed by atoms with Gasteiger partial charge in [-0.15, -0.1) is 0 Å². The smallest absolute Gasteiger partial charge is 0.278 e. The van der Waals surface area contributed by atoms with E-state index in [1.54, 1.807) is 6.08 Å². The predicted octanol–water partition coefficient (Wildman–Crippen LogP) is 0.348. The molecule has 144 valence electrons. The van der Waals surface area contributed by atoms with Crippen LogP contribution in [0.2, 0.25) is 0 Å². The minimum atomic E-state index is -3.43. The van der Waals surface area contributed by atoms with Gasteiger partial charge in [0.1, 0.15) is 0 Å². The molecule has 6 nitrogen and oxygen atoms in total. The summed E-state index contributed by atoms with van der Waals surface area (Å²) >= 11 is 0. The molecule has 1 aromatic rings. The van der Waals surface area contributed by atoms with Crippen LogP contribution in [-0.2, 0) is 14.8 Å². The lowest BCUT2D eigenvalue weighted by molar-refractivity contribution is -0.917. The van der Waals surface area contributed by atoms with E-state index in [2.05, 4.69) is 19.2 Å². The SMILES string of the molecule is CC(C)CNC(=O)[C@@H](C)[NH+]1CCN(S(=O)(=O)/C=C/c2ccccc2)CC1. The fraction of sp³-hybridized carbons (Fsp3) is 0.526. The molecule has 2 N–H and O–H groups in total. The first-order chi connectivity index (χ1) is 12.3. The topological polar surface area (TPSA) is 70.9 Å². The van der Waals surface area contributed by atoms with Gasteiger partial charge in [0.2, 0.25) is 10.0 Å². The highest BCUT2D eigenvalue weighted by atomic mass is 32.2. The van der Waals surface area contributed by atoms with Crippen LogP contribution in [0.1, 0.15) is 26.3 Å². The maximum Gasteiger partial charge on any atom is 0.278 e. The fourth-order valence-electron chi connectivity index (χ4n) is 2.92. The number of nitrogens with zero attached hydrogens (tertiary/aromatic N) is 1. The molecule has 0 aromatic heterocycles. The molecular formula is C19H30N3O3S+. The van der Waals surface area contributed by atoms with Crippen molar-refractivity contribution in [2.75, 3.05) is 32.7 Å². The Hall–Kier alpha value is -1.70. The number of carbonyl (C=O) groups excluding carboxylic acids is 1. The summed E-state index contributed by atoms with van der Waals surface area (Å²) < 4.78 is 26.5. The van der Waals surface area contributed by atoms with Gasteiger partial charge in [0.15, 0.2) is 6.04 Å². The molecule has 2 rings (SSSR count). The lowest BCUT2D eigenvalue weighted by atomic mass is 10.2. The number of quaternary nitrogens is 1. The van der Waals surface area contributed by atoms with Gasteiger partial charge in [0, 0.05) is 12.0 Å². The highest BCUT2D eigenvalue weighted by molar-refractivity contribution is 7.92. The zero-order valence-corrected chi connectivity index (χ0v) is 16.6. The molecule has 0 spiro atoms. The van der Waals surface area contributed by atoms with Gasteiger partial charge in [0.25, 0.3) is 5.91 Å². The molecule has 1 amide bonds. The third kappa shape index (κ3) is 5.93. The number of carbonyl (C=O) groups is 1. The summed E-state index contributed by atoms with van der Waals surface area (Å²) in [6.07, 6.45) is 1.62. The van der Waals surface area contributed by atoms with Gasteiger partial charge in [-0.1, -0.05) is 44.2 Å². The monoisotopic (exact) mass is 380 g/mol. The molecule has 1 fully saturated rings. The number of piperazine rings is 1. The van der Waals surface area contributed by atoms with E-state index in [1.165, 1.54) is 9.71 Å². The number of rotatable bonds is 7. The average Bonchev–Trinajstić information content (AvgIpc) is 2.65. The van der Waals surface area contributed by atoms with Gasteiger partial charge < -0.3 is 10.2 Å². The summed E-state index contributed by atoms with van der Waals surface area (Å²) in [7, 11) is -3.43. The summed E-state index contributed by atoms with van der Waals surface area (Å²) in [5, 5.41) is 4.23. The first kappa shape index (κ1) is 20.6. The Bertz CT molecular complexity index is 709. The molecule has 1 aliphatic rings. The second kappa shape index (κ2) is 9.30. The normalized spacial score (nSPS) is 18.3. The third-order valence-electron chi connectivity index (χ3n) is 4.65. The minimum Gasteiger partial charge on any atom is -0.351 e. The molecule has 1 heterocycles. The summed E-state index contributed by atoms with van der Waals surface area (Å²) in [5.41, 5.74) is 0.857. The Morgan fingerprint density at radius 2 is 1.81 bits per heavy atom. The van der Waals surface area contributed by atoms with Crippen molar-refractivity contribution in [1.29, 1.82) is 0 Å². The van der Waals surface area contributed by atoms with Gasteiger partial charge in [-0.2, -0.15) is 4.31 Å². The van der Waals surface area contributed by atoms with Crippen LogP contribution in [0.4, 0.5) is 0 Å². The van der Waals surface area contributed by atoms with Crippen LogP contribution in [0.15, 0.2) is 35.7 Å². The Labute approximate surface area is 156 Å². The summed E-state index contributed by atoms with van der Waals surface area (Å²) in [5.74, 6) is 0.452. The molecule has 0 unspecified atom stereocenters. The van der Waals surface area contributed by atoms with Crippen LogP contribution >= 0.6 is 0 Å². The molecule has 1 aliphatic heterocycles. The Morgan fingerprint density at radius 1 is 1.19 bits per heavy atom. The molecule has 0 saturated carbocycles. The van der Waals surface area contributed by atoms with Crippen molar-refractivity contribution in [1.82, 2.24) is 9.62 Å². The molecule has 1 aromatic carbocycles. The van der Waals surface area contributed by atoms with Gasteiger partial charge in [-0.05, 0) is 24.5 Å². The van der Waals surface area contributed by atoms with Crippen LogP contribution in [0.3, 0.4) is 0 Å². The lowest BCUT2D eigenvalue weighted by Crippen LogP contribution is -3.19. The Kier molecular flexibility index (Phi) is 7.37. The highest BCUT2D eigenvalue weighted by Gasteiger charge is 2.32. The summed E-state index contributed by atoms with van der Waals surface area (Å²) in [4.78, 5) is 13.3. The largest absolute Gasteiger partial charge is 0.351 e. The van der Waals surface area contributed by atoms with Crippen molar-refractivity contribution in [3.63, 3.8) is 0 Å². The lowest BCUT2D eigenvalue weighted by Gasteiger charge is -2.33. The number of hydrogen-bond acceptors (Lipinski definition) is 3. The standard InChI is InChI=1S/C19H29N3O3S/c1-16(2)15-20-19(23)17(3)21-10-12-22(13-11-21)26(24,25)14-9-18-7-5-4-6-8-18/h4-9,14,16-17H,10-13,15H2,1-3H3,(H,20,23)/p+1/b14-9+/t17-/m1/s1. The number of amides is 1. The van der Waals surface area contributed by atoms with Gasteiger partial charge >= 0.3 is 0 Å². The molecule has 1 saturated heterocycles. The van der Waals surface area contributed by atoms with Crippen molar-refractivity contribution in [3.8, 4) is 0 Å². The number of sulfonamides is 1. The third-order valence-corrected chi connectivity index (χ3v) is 6.21. The van der Waals surface area contributed by atoms with Crippen LogP contribution in [0, 0.1) is 5.92 Å². The van der Waals surface area contributed by atoms with Gasteiger partial charge in [0.05, 0.1) is 26.2 Å². The van der Waals surface area contributed by atoms with Crippen molar-refractivity contribution >= 4 is 22.0 Å². The van der Waals surface area contributed by atoms with E-state index in [0.29, 0.717) is 38.6 Å². The van der Waals surface area contributed by atoms with E-state index in [4.69, 9.17) is 0 Å². The van der Waals surface area contributed by atoms with E-state index >= 15 is 0 Å². The summed E-state index contributed by atoms with van der Waals surface area (Å²) in [6, 6.07) is 9.21. The van der Waals surface area contributed by atoms with Crippen LogP contribution in [-0.4, -0.2) is 57.4 Å². The zero-order chi connectivity index (χ0) is 19.2. The van der Waals surface area contributed by atoms with Crippen LogP contribution in [0.5, 0.6) is 0 Å². The Morgan fingerprint density at radius 3 is 2.38 bits per heavy atom. The molecule has 1 atom stereocenters. The Balaban J connectivity index is 1.88. The predicted molar refractivity (Wildman–Crippen MR) is 104 cm³/mol. The maximum absolute atomic E-state index is 12.5. The second-order valence-electron chi connectivity index (χ2n) is 7.18.